The van der Waals surface area contributed by atoms with Gasteiger partial charge in [0, 0.05) is 18.7 Å². The average Bonchev–Trinajstić information content (AvgIpc) is 3.25. The molecule has 4 rings (SSSR count). The molecule has 1 aliphatic heterocycles. The first-order valence-corrected chi connectivity index (χ1v) is 9.85. The number of thiophene rings is 1. The third-order valence-electron chi connectivity index (χ3n) is 4.93. The number of nitrogens with zero attached hydrogens (tertiary/aromatic N) is 2. The number of carbonyl (C=O) groups is 2. The lowest BCUT2D eigenvalue weighted by Crippen LogP contribution is -2.57. The molecule has 1 atom stereocenters. The molecule has 4 nitrogen and oxygen atoms in total. The smallest absolute Gasteiger partial charge is 0.264 e. The van der Waals surface area contributed by atoms with Crippen LogP contribution in [0.1, 0.15) is 16.6 Å². The van der Waals surface area contributed by atoms with E-state index in [9.17, 15) is 9.59 Å². The van der Waals surface area contributed by atoms with E-state index in [1.807, 2.05) is 77.9 Å². The van der Waals surface area contributed by atoms with Crippen LogP contribution in [0.25, 0.3) is 11.1 Å². The Morgan fingerprint density at radius 3 is 2.44 bits per heavy atom. The number of amides is 2. The fourth-order valence-corrected chi connectivity index (χ4v) is 4.18. The zero-order valence-corrected chi connectivity index (χ0v) is 15.9. The molecule has 2 aromatic carbocycles. The summed E-state index contributed by atoms with van der Waals surface area (Å²) in [6.45, 7) is 2.82. The molecule has 136 valence electrons. The van der Waals surface area contributed by atoms with Gasteiger partial charge in [0.25, 0.3) is 5.91 Å². The van der Waals surface area contributed by atoms with Crippen molar-refractivity contribution in [3.63, 3.8) is 0 Å². The summed E-state index contributed by atoms with van der Waals surface area (Å²) in [5, 5.41) is 1.88. The van der Waals surface area contributed by atoms with E-state index in [1.54, 1.807) is 11.0 Å². The van der Waals surface area contributed by atoms with E-state index >= 15 is 0 Å². The van der Waals surface area contributed by atoms with Gasteiger partial charge in [-0.3, -0.25) is 9.59 Å². The molecule has 27 heavy (non-hydrogen) atoms. The number of benzene rings is 2. The molecule has 0 radical (unpaired) electrons. The molecule has 0 aliphatic carbocycles. The zero-order chi connectivity index (χ0) is 18.8. The van der Waals surface area contributed by atoms with Gasteiger partial charge in [-0.1, -0.05) is 54.6 Å². The zero-order valence-electron chi connectivity index (χ0n) is 15.0. The van der Waals surface area contributed by atoms with Gasteiger partial charge in [0.05, 0.1) is 10.6 Å². The number of hydrogen-bond donors (Lipinski definition) is 0. The van der Waals surface area contributed by atoms with Crippen LogP contribution in [0.2, 0.25) is 0 Å². The summed E-state index contributed by atoms with van der Waals surface area (Å²) in [6, 6.07) is 21.2. The number of carbonyl (C=O) groups excluding carboxylic acids is 2. The van der Waals surface area contributed by atoms with Crippen LogP contribution in [0.5, 0.6) is 0 Å². The van der Waals surface area contributed by atoms with Crippen LogP contribution in [0.4, 0.5) is 5.69 Å². The van der Waals surface area contributed by atoms with Crippen LogP contribution in [0.3, 0.4) is 0 Å². The second kappa shape index (κ2) is 7.37. The van der Waals surface area contributed by atoms with Crippen molar-refractivity contribution in [2.45, 2.75) is 13.0 Å². The van der Waals surface area contributed by atoms with E-state index in [4.69, 9.17) is 0 Å². The lowest BCUT2D eigenvalue weighted by molar-refractivity contribution is -0.124. The standard InChI is InChI=1S/C22H20N2O2S/c1-16-21(25)24(14-13-23(16)22(26)20-12-7-15-27-20)19-11-6-5-10-18(19)17-8-3-2-4-9-17/h2-12,15-16H,13-14H2,1H3/t16-/m1/s1. The third kappa shape index (κ3) is 3.26. The Balaban J connectivity index is 1.63. The normalized spacial score (nSPS) is 17.2. The Kier molecular flexibility index (Phi) is 4.77. The van der Waals surface area contributed by atoms with Crippen molar-refractivity contribution < 1.29 is 9.59 Å². The van der Waals surface area contributed by atoms with Crippen molar-refractivity contribution in [3.8, 4) is 11.1 Å². The SMILES string of the molecule is C[C@@H]1C(=O)N(c2ccccc2-c2ccccc2)CCN1C(=O)c1cccs1. The maximum Gasteiger partial charge on any atom is 0.264 e. The minimum absolute atomic E-state index is 0.0467. The molecule has 0 saturated carbocycles. The highest BCUT2D eigenvalue weighted by Crippen LogP contribution is 2.32. The molecular formula is C22H20N2O2S. The molecule has 1 saturated heterocycles. The average molecular weight is 376 g/mol. The monoisotopic (exact) mass is 376 g/mol. The molecular weight excluding hydrogens is 356 g/mol. The Bertz CT molecular complexity index is 953. The highest BCUT2D eigenvalue weighted by Gasteiger charge is 2.36. The summed E-state index contributed by atoms with van der Waals surface area (Å²) in [7, 11) is 0. The van der Waals surface area contributed by atoms with Gasteiger partial charge in [-0.25, -0.2) is 0 Å². The number of rotatable bonds is 3. The fraction of sp³-hybridized carbons (Fsp3) is 0.182. The molecule has 2 heterocycles. The minimum Gasteiger partial charge on any atom is -0.324 e. The van der Waals surface area contributed by atoms with E-state index in [-0.39, 0.29) is 11.8 Å². The maximum absolute atomic E-state index is 13.1. The van der Waals surface area contributed by atoms with Crippen LogP contribution in [0.15, 0.2) is 72.1 Å². The van der Waals surface area contributed by atoms with E-state index in [0.717, 1.165) is 16.8 Å². The lowest BCUT2D eigenvalue weighted by atomic mass is 10.0. The van der Waals surface area contributed by atoms with Gasteiger partial charge >= 0.3 is 0 Å². The predicted octanol–water partition coefficient (Wildman–Crippen LogP) is 4.29. The largest absolute Gasteiger partial charge is 0.324 e. The molecule has 3 aromatic rings. The van der Waals surface area contributed by atoms with Gasteiger partial charge in [-0.15, -0.1) is 11.3 Å². The Labute approximate surface area is 162 Å². The van der Waals surface area contributed by atoms with Crippen molar-refractivity contribution in [2.75, 3.05) is 18.0 Å². The predicted molar refractivity (Wildman–Crippen MR) is 109 cm³/mol. The maximum atomic E-state index is 13.1. The van der Waals surface area contributed by atoms with E-state index in [2.05, 4.69) is 0 Å². The first kappa shape index (κ1) is 17.5. The van der Waals surface area contributed by atoms with Crippen LogP contribution < -0.4 is 4.90 Å². The quantitative estimate of drug-likeness (QED) is 0.684. The summed E-state index contributed by atoms with van der Waals surface area (Å²) < 4.78 is 0. The van der Waals surface area contributed by atoms with Gasteiger partial charge in [-0.2, -0.15) is 0 Å². The highest BCUT2D eigenvalue weighted by molar-refractivity contribution is 7.12. The molecule has 5 heteroatoms. The van der Waals surface area contributed by atoms with E-state index in [0.29, 0.717) is 18.0 Å². The van der Waals surface area contributed by atoms with Crippen LogP contribution >= 0.6 is 11.3 Å². The van der Waals surface area contributed by atoms with Gasteiger partial charge in [-0.05, 0) is 30.0 Å². The molecule has 1 fully saturated rings. The molecule has 1 aromatic heterocycles. The lowest BCUT2D eigenvalue weighted by Gasteiger charge is -2.39. The van der Waals surface area contributed by atoms with Gasteiger partial charge in [0.2, 0.25) is 5.91 Å². The molecule has 2 amide bonds. The number of para-hydroxylation sites is 1. The number of piperazine rings is 1. The van der Waals surface area contributed by atoms with E-state index < -0.39 is 6.04 Å². The topological polar surface area (TPSA) is 40.6 Å². The molecule has 0 N–H and O–H groups in total. The summed E-state index contributed by atoms with van der Waals surface area (Å²) in [5.41, 5.74) is 2.99. The number of hydrogen-bond acceptors (Lipinski definition) is 3. The van der Waals surface area contributed by atoms with Gasteiger partial charge < -0.3 is 9.80 Å². The summed E-state index contributed by atoms with van der Waals surface area (Å²) >= 11 is 1.41. The van der Waals surface area contributed by atoms with Crippen molar-refractivity contribution in [1.82, 2.24) is 4.90 Å². The third-order valence-corrected chi connectivity index (χ3v) is 5.79. The first-order valence-electron chi connectivity index (χ1n) is 8.97. The summed E-state index contributed by atoms with van der Waals surface area (Å²) in [6.07, 6.45) is 0. The molecule has 0 spiro atoms. The van der Waals surface area contributed by atoms with Crippen LogP contribution in [-0.4, -0.2) is 35.8 Å². The first-order chi connectivity index (χ1) is 13.2. The Morgan fingerprint density at radius 2 is 1.70 bits per heavy atom. The van der Waals surface area contributed by atoms with Crippen molar-refractivity contribution in [2.24, 2.45) is 0 Å². The molecule has 1 aliphatic rings. The van der Waals surface area contributed by atoms with Crippen molar-refractivity contribution in [1.29, 1.82) is 0 Å². The molecule has 0 unspecified atom stereocenters. The van der Waals surface area contributed by atoms with Crippen LogP contribution in [0, 0.1) is 0 Å². The van der Waals surface area contributed by atoms with Crippen molar-refractivity contribution in [3.05, 3.63) is 77.0 Å². The van der Waals surface area contributed by atoms with E-state index in [1.165, 1.54) is 11.3 Å². The fourth-order valence-electron chi connectivity index (χ4n) is 3.50. The highest BCUT2D eigenvalue weighted by atomic mass is 32.1. The summed E-state index contributed by atoms with van der Waals surface area (Å²) in [5.74, 6) is -0.114. The van der Waals surface area contributed by atoms with Gasteiger partial charge in [0.1, 0.15) is 6.04 Å². The van der Waals surface area contributed by atoms with Gasteiger partial charge in [0.15, 0.2) is 0 Å². The van der Waals surface area contributed by atoms with Crippen LogP contribution in [-0.2, 0) is 4.79 Å². The number of anilines is 1. The Hall–Kier alpha value is -2.92. The summed E-state index contributed by atoms with van der Waals surface area (Å²) in [4.78, 5) is 30.0. The Morgan fingerprint density at radius 1 is 0.963 bits per heavy atom. The molecule has 0 bridgehead atoms. The second-order valence-corrected chi connectivity index (χ2v) is 7.47. The minimum atomic E-state index is -0.489. The van der Waals surface area contributed by atoms with Crippen molar-refractivity contribution >= 4 is 28.8 Å². The second-order valence-electron chi connectivity index (χ2n) is 6.52.